The Kier molecular flexibility index (Phi) is 4.58. The Morgan fingerprint density at radius 2 is 1.88 bits per heavy atom. The molecule has 1 fully saturated rings. The van der Waals surface area contributed by atoms with Gasteiger partial charge in [0.1, 0.15) is 5.69 Å². The number of aromatic nitrogens is 1. The summed E-state index contributed by atoms with van der Waals surface area (Å²) in [6.45, 7) is 4.03. The fraction of sp³-hybridized carbons (Fsp3) is 0.278. The van der Waals surface area contributed by atoms with Crippen LogP contribution < -0.4 is 0 Å². The van der Waals surface area contributed by atoms with Gasteiger partial charge in [-0.3, -0.25) is 9.69 Å². The van der Waals surface area contributed by atoms with E-state index in [1.54, 1.807) is 6.07 Å². The molecule has 1 aliphatic rings. The molecule has 0 radical (unpaired) electrons. The first-order valence-corrected chi connectivity index (χ1v) is 9.30. The van der Waals surface area contributed by atoms with Gasteiger partial charge < -0.3 is 14.3 Å². The summed E-state index contributed by atoms with van der Waals surface area (Å²) >= 11 is 9.21. The lowest BCUT2D eigenvalue weighted by Gasteiger charge is -2.34. The van der Waals surface area contributed by atoms with E-state index in [1.807, 2.05) is 35.2 Å². The molecule has 0 atom stereocenters. The Hall–Kier alpha value is -1.76. The molecular weight excluding hydrogens is 406 g/mol. The smallest absolute Gasteiger partial charge is 0.270 e. The van der Waals surface area contributed by atoms with Crippen molar-refractivity contribution in [1.29, 1.82) is 0 Å². The second-order valence-electron chi connectivity index (χ2n) is 6.21. The van der Waals surface area contributed by atoms with E-state index >= 15 is 0 Å². The third-order valence-corrected chi connectivity index (χ3v) is 5.13. The summed E-state index contributed by atoms with van der Waals surface area (Å²) in [4.78, 5) is 20.0. The third kappa shape index (κ3) is 3.61. The summed E-state index contributed by atoms with van der Waals surface area (Å²) in [7, 11) is 0. The quantitative estimate of drug-likeness (QED) is 0.690. The number of nitrogens with one attached hydrogen (secondary N) is 1. The Balaban J connectivity index is 1.36. The SMILES string of the molecule is O=C(c1cc2oc(Br)cc2[nH]1)N1CCN(Cc2ccc(Cl)cc2)CC1. The third-order valence-electron chi connectivity index (χ3n) is 4.48. The van der Waals surface area contributed by atoms with Gasteiger partial charge in [0.05, 0.1) is 5.52 Å². The highest BCUT2D eigenvalue weighted by Crippen LogP contribution is 2.24. The van der Waals surface area contributed by atoms with Crippen LogP contribution in [0.15, 0.2) is 45.5 Å². The van der Waals surface area contributed by atoms with E-state index in [0.717, 1.165) is 43.3 Å². The molecule has 2 aromatic heterocycles. The Labute approximate surface area is 158 Å². The molecule has 1 aromatic carbocycles. The molecule has 0 spiro atoms. The summed E-state index contributed by atoms with van der Waals surface area (Å²) in [5.74, 6) is 0.0219. The van der Waals surface area contributed by atoms with E-state index in [0.29, 0.717) is 15.9 Å². The van der Waals surface area contributed by atoms with E-state index in [9.17, 15) is 4.79 Å². The Morgan fingerprint density at radius 3 is 2.56 bits per heavy atom. The lowest BCUT2D eigenvalue weighted by atomic mass is 10.2. The van der Waals surface area contributed by atoms with Gasteiger partial charge in [0.15, 0.2) is 10.3 Å². The standard InChI is InChI=1S/C18H17BrClN3O2/c19-17-10-14-16(25-17)9-15(21-14)18(24)23-7-5-22(6-8-23)11-12-1-3-13(20)4-2-12/h1-4,9-10,21H,5-8,11H2. The van der Waals surface area contributed by atoms with Crippen LogP contribution in [-0.2, 0) is 6.54 Å². The minimum absolute atomic E-state index is 0.0219. The zero-order valence-corrected chi connectivity index (χ0v) is 15.8. The van der Waals surface area contributed by atoms with E-state index in [2.05, 4.69) is 25.8 Å². The average Bonchev–Trinajstić information content (AvgIpc) is 3.14. The highest BCUT2D eigenvalue weighted by Gasteiger charge is 2.24. The maximum atomic E-state index is 12.7. The van der Waals surface area contributed by atoms with E-state index in [1.165, 1.54) is 5.56 Å². The molecule has 1 amide bonds. The minimum Gasteiger partial charge on any atom is -0.448 e. The van der Waals surface area contributed by atoms with Crippen molar-refractivity contribution >= 4 is 44.5 Å². The molecule has 4 rings (SSSR count). The Bertz CT molecular complexity index is 863. The summed E-state index contributed by atoms with van der Waals surface area (Å²) in [6, 6.07) is 11.5. The van der Waals surface area contributed by atoms with Crippen LogP contribution in [0.25, 0.3) is 11.1 Å². The number of carbonyl (C=O) groups is 1. The molecule has 130 valence electrons. The molecule has 1 N–H and O–H groups in total. The van der Waals surface area contributed by atoms with Crippen LogP contribution in [-0.4, -0.2) is 46.9 Å². The van der Waals surface area contributed by atoms with Crippen LogP contribution in [0.3, 0.4) is 0 Å². The van der Waals surface area contributed by atoms with Crippen LogP contribution >= 0.6 is 27.5 Å². The van der Waals surface area contributed by atoms with Gasteiger partial charge in [0, 0.05) is 49.9 Å². The van der Waals surface area contributed by atoms with Crippen molar-refractivity contribution in [3.8, 4) is 0 Å². The number of piperazine rings is 1. The number of H-pyrrole nitrogens is 1. The highest BCUT2D eigenvalue weighted by molar-refractivity contribution is 9.10. The fourth-order valence-corrected chi connectivity index (χ4v) is 3.66. The summed E-state index contributed by atoms with van der Waals surface area (Å²) in [6.07, 6.45) is 0. The van der Waals surface area contributed by atoms with Gasteiger partial charge in [-0.2, -0.15) is 0 Å². The van der Waals surface area contributed by atoms with Gasteiger partial charge in [-0.15, -0.1) is 0 Å². The number of nitrogens with zero attached hydrogens (tertiary/aromatic N) is 2. The number of amides is 1. The zero-order chi connectivity index (χ0) is 17.4. The van der Waals surface area contributed by atoms with Crippen molar-refractivity contribution in [1.82, 2.24) is 14.8 Å². The fourth-order valence-electron chi connectivity index (χ4n) is 3.13. The molecule has 3 aromatic rings. The lowest BCUT2D eigenvalue weighted by molar-refractivity contribution is 0.0623. The number of halogens is 2. The van der Waals surface area contributed by atoms with Crippen LogP contribution in [0.5, 0.6) is 0 Å². The van der Waals surface area contributed by atoms with Crippen molar-refractivity contribution in [2.45, 2.75) is 6.54 Å². The van der Waals surface area contributed by atoms with Crippen molar-refractivity contribution in [3.63, 3.8) is 0 Å². The monoisotopic (exact) mass is 421 g/mol. The summed E-state index contributed by atoms with van der Waals surface area (Å²) in [5, 5.41) is 0.753. The summed E-state index contributed by atoms with van der Waals surface area (Å²) in [5.41, 5.74) is 3.33. The number of aromatic amines is 1. The molecule has 1 saturated heterocycles. The van der Waals surface area contributed by atoms with Gasteiger partial charge in [-0.25, -0.2) is 0 Å². The topological polar surface area (TPSA) is 52.5 Å². The van der Waals surface area contributed by atoms with Gasteiger partial charge in [0.25, 0.3) is 5.91 Å². The van der Waals surface area contributed by atoms with Crippen LogP contribution in [0.1, 0.15) is 16.1 Å². The maximum absolute atomic E-state index is 12.7. The molecule has 7 heteroatoms. The lowest BCUT2D eigenvalue weighted by Crippen LogP contribution is -2.48. The number of benzene rings is 1. The largest absolute Gasteiger partial charge is 0.448 e. The van der Waals surface area contributed by atoms with Crippen molar-refractivity contribution in [3.05, 3.63) is 57.3 Å². The molecule has 3 heterocycles. The number of carbonyl (C=O) groups excluding carboxylic acids is 1. The molecule has 25 heavy (non-hydrogen) atoms. The van der Waals surface area contributed by atoms with Gasteiger partial charge >= 0.3 is 0 Å². The maximum Gasteiger partial charge on any atom is 0.270 e. The zero-order valence-electron chi connectivity index (χ0n) is 13.5. The molecule has 0 bridgehead atoms. The van der Waals surface area contributed by atoms with Gasteiger partial charge in [-0.1, -0.05) is 23.7 Å². The second kappa shape index (κ2) is 6.86. The first-order valence-electron chi connectivity index (χ1n) is 8.12. The number of hydrogen-bond acceptors (Lipinski definition) is 3. The molecule has 1 aliphatic heterocycles. The minimum atomic E-state index is 0.0219. The number of furan rings is 1. The van der Waals surface area contributed by atoms with Crippen molar-refractivity contribution < 1.29 is 9.21 Å². The van der Waals surface area contributed by atoms with Crippen molar-refractivity contribution in [2.75, 3.05) is 26.2 Å². The molecule has 0 unspecified atom stereocenters. The molecule has 0 saturated carbocycles. The van der Waals surface area contributed by atoms with E-state index in [4.69, 9.17) is 16.0 Å². The number of hydrogen-bond donors (Lipinski definition) is 1. The number of fused-ring (bicyclic) bond motifs is 1. The van der Waals surface area contributed by atoms with Crippen LogP contribution in [0.4, 0.5) is 0 Å². The normalized spacial score (nSPS) is 15.8. The number of rotatable bonds is 3. The molecule has 5 nitrogen and oxygen atoms in total. The van der Waals surface area contributed by atoms with Crippen molar-refractivity contribution in [2.24, 2.45) is 0 Å². The van der Waals surface area contributed by atoms with Gasteiger partial charge in [0.2, 0.25) is 0 Å². The first kappa shape index (κ1) is 16.7. The summed E-state index contributed by atoms with van der Waals surface area (Å²) < 4.78 is 6.13. The van der Waals surface area contributed by atoms with E-state index in [-0.39, 0.29) is 5.91 Å². The van der Waals surface area contributed by atoms with Crippen LogP contribution in [0.2, 0.25) is 5.02 Å². The molecule has 0 aliphatic carbocycles. The average molecular weight is 423 g/mol. The predicted octanol–water partition coefficient (Wildman–Crippen LogP) is 4.13. The van der Waals surface area contributed by atoms with Crippen LogP contribution in [0, 0.1) is 0 Å². The Morgan fingerprint density at radius 1 is 1.16 bits per heavy atom. The van der Waals surface area contributed by atoms with E-state index < -0.39 is 0 Å². The second-order valence-corrected chi connectivity index (χ2v) is 7.42. The van der Waals surface area contributed by atoms with Gasteiger partial charge in [-0.05, 0) is 33.6 Å². The predicted molar refractivity (Wildman–Crippen MR) is 101 cm³/mol. The first-order chi connectivity index (χ1) is 12.1. The highest BCUT2D eigenvalue weighted by atomic mass is 79.9. The molecular formula is C18H17BrClN3O2.